The zero-order valence-electron chi connectivity index (χ0n) is 11.6. The Morgan fingerprint density at radius 2 is 2.20 bits per heavy atom. The summed E-state index contributed by atoms with van der Waals surface area (Å²) in [6.07, 6.45) is 2.86. The number of hydrogen-bond donors (Lipinski definition) is 1. The van der Waals surface area contributed by atoms with Gasteiger partial charge in [0.15, 0.2) is 0 Å². The van der Waals surface area contributed by atoms with E-state index in [0.29, 0.717) is 24.6 Å². The molecule has 2 aromatic rings. The van der Waals surface area contributed by atoms with E-state index in [9.17, 15) is 0 Å². The molecular weight excluding hydrogens is 292 g/mol. The fourth-order valence-corrected chi connectivity index (χ4v) is 3.10. The van der Waals surface area contributed by atoms with Crippen molar-refractivity contribution in [3.8, 4) is 5.75 Å². The molecule has 0 aliphatic carbocycles. The Hall–Kier alpha value is -1.10. The minimum atomic E-state index is 0.470. The molecule has 3 nitrogen and oxygen atoms in total. The summed E-state index contributed by atoms with van der Waals surface area (Å²) in [5.41, 5.74) is 7.56. The van der Waals surface area contributed by atoms with Gasteiger partial charge in [-0.3, -0.25) is 0 Å². The van der Waals surface area contributed by atoms with E-state index in [1.54, 1.807) is 11.3 Å². The van der Waals surface area contributed by atoms with Crippen LogP contribution in [0.3, 0.4) is 0 Å². The van der Waals surface area contributed by atoms with Gasteiger partial charge < -0.3 is 10.5 Å². The number of aromatic nitrogens is 1. The van der Waals surface area contributed by atoms with Crippen LogP contribution < -0.4 is 10.5 Å². The summed E-state index contributed by atoms with van der Waals surface area (Å²) in [6, 6.07) is 5.68. The molecule has 0 aliphatic heterocycles. The average molecular weight is 311 g/mol. The zero-order valence-corrected chi connectivity index (χ0v) is 13.1. The SMILES string of the molecule is CCCc1nc(COc2cccc(Cl)c2CCN)cs1. The number of nitrogens with two attached hydrogens (primary N) is 1. The third kappa shape index (κ3) is 3.95. The molecular formula is C15H19ClN2OS. The molecule has 0 saturated carbocycles. The molecule has 0 aliphatic rings. The summed E-state index contributed by atoms with van der Waals surface area (Å²) < 4.78 is 5.85. The van der Waals surface area contributed by atoms with Crippen molar-refractivity contribution in [2.45, 2.75) is 32.8 Å². The second-order valence-corrected chi connectivity index (χ2v) is 5.88. The summed E-state index contributed by atoms with van der Waals surface area (Å²) in [6.45, 7) is 3.18. The van der Waals surface area contributed by atoms with Gasteiger partial charge in [-0.1, -0.05) is 24.6 Å². The molecule has 1 aromatic carbocycles. The number of nitrogens with zero attached hydrogens (tertiary/aromatic N) is 1. The predicted molar refractivity (Wildman–Crippen MR) is 84.7 cm³/mol. The molecule has 0 bridgehead atoms. The van der Waals surface area contributed by atoms with E-state index < -0.39 is 0 Å². The van der Waals surface area contributed by atoms with Crippen molar-refractivity contribution < 1.29 is 4.74 Å². The maximum atomic E-state index is 6.19. The van der Waals surface area contributed by atoms with Crippen molar-refractivity contribution in [1.82, 2.24) is 4.98 Å². The van der Waals surface area contributed by atoms with E-state index in [1.165, 1.54) is 5.01 Å². The molecule has 0 fully saturated rings. The first-order chi connectivity index (χ1) is 9.74. The van der Waals surface area contributed by atoms with Gasteiger partial charge in [0.05, 0.1) is 10.7 Å². The van der Waals surface area contributed by atoms with Crippen LogP contribution in [0.1, 0.15) is 29.6 Å². The normalized spacial score (nSPS) is 10.8. The van der Waals surface area contributed by atoms with Gasteiger partial charge in [-0.05, 0) is 37.9 Å². The van der Waals surface area contributed by atoms with Crippen LogP contribution in [0.2, 0.25) is 5.02 Å². The highest BCUT2D eigenvalue weighted by atomic mass is 35.5. The third-order valence-corrected chi connectivity index (χ3v) is 4.22. The molecule has 2 rings (SSSR count). The molecule has 1 aromatic heterocycles. The molecule has 0 radical (unpaired) electrons. The minimum Gasteiger partial charge on any atom is -0.487 e. The van der Waals surface area contributed by atoms with Crippen LogP contribution in [0.25, 0.3) is 0 Å². The first kappa shape index (κ1) is 15.3. The lowest BCUT2D eigenvalue weighted by molar-refractivity contribution is 0.299. The zero-order chi connectivity index (χ0) is 14.4. The van der Waals surface area contributed by atoms with E-state index in [4.69, 9.17) is 22.1 Å². The molecule has 0 unspecified atom stereocenters. The van der Waals surface area contributed by atoms with E-state index >= 15 is 0 Å². The van der Waals surface area contributed by atoms with Crippen molar-refractivity contribution in [3.63, 3.8) is 0 Å². The summed E-state index contributed by atoms with van der Waals surface area (Å²) >= 11 is 7.88. The summed E-state index contributed by atoms with van der Waals surface area (Å²) in [4.78, 5) is 4.55. The molecule has 0 atom stereocenters. The monoisotopic (exact) mass is 310 g/mol. The number of rotatable bonds is 7. The van der Waals surface area contributed by atoms with Gasteiger partial charge in [-0.2, -0.15) is 0 Å². The smallest absolute Gasteiger partial charge is 0.131 e. The Bertz CT molecular complexity index is 557. The molecule has 108 valence electrons. The van der Waals surface area contributed by atoms with Gasteiger partial charge in [0.25, 0.3) is 0 Å². The molecule has 1 heterocycles. The third-order valence-electron chi connectivity index (χ3n) is 2.91. The highest BCUT2D eigenvalue weighted by Crippen LogP contribution is 2.27. The number of hydrogen-bond acceptors (Lipinski definition) is 4. The molecule has 20 heavy (non-hydrogen) atoms. The molecule has 5 heteroatoms. The van der Waals surface area contributed by atoms with Crippen molar-refractivity contribution in [1.29, 1.82) is 0 Å². The first-order valence-corrected chi connectivity index (χ1v) is 8.04. The molecule has 0 spiro atoms. The van der Waals surface area contributed by atoms with Crippen LogP contribution in [-0.2, 0) is 19.4 Å². The lowest BCUT2D eigenvalue weighted by atomic mass is 10.1. The van der Waals surface area contributed by atoms with Crippen molar-refractivity contribution in [2.75, 3.05) is 6.54 Å². The van der Waals surface area contributed by atoms with Crippen molar-refractivity contribution in [3.05, 3.63) is 44.9 Å². The summed E-state index contributed by atoms with van der Waals surface area (Å²) in [5.74, 6) is 0.799. The lowest BCUT2D eigenvalue weighted by Crippen LogP contribution is -2.06. The van der Waals surface area contributed by atoms with E-state index in [2.05, 4.69) is 17.3 Å². The fraction of sp³-hybridized carbons (Fsp3) is 0.400. The van der Waals surface area contributed by atoms with Crippen molar-refractivity contribution in [2.24, 2.45) is 5.73 Å². The quantitative estimate of drug-likeness (QED) is 0.845. The van der Waals surface area contributed by atoms with Gasteiger partial charge in [0, 0.05) is 16.0 Å². The molecule has 2 N–H and O–H groups in total. The first-order valence-electron chi connectivity index (χ1n) is 6.78. The van der Waals surface area contributed by atoms with Gasteiger partial charge in [-0.15, -0.1) is 11.3 Å². The maximum absolute atomic E-state index is 6.19. The maximum Gasteiger partial charge on any atom is 0.131 e. The number of aryl methyl sites for hydroxylation is 1. The predicted octanol–water partition coefficient (Wildman–Crippen LogP) is 3.83. The lowest BCUT2D eigenvalue weighted by Gasteiger charge is -2.11. The standard InChI is InChI=1S/C15H19ClN2OS/c1-2-4-15-18-11(10-20-15)9-19-14-6-3-5-13(16)12(14)7-8-17/h3,5-6,10H,2,4,7-9,17H2,1H3. The summed E-state index contributed by atoms with van der Waals surface area (Å²) in [7, 11) is 0. The van der Waals surface area contributed by atoms with Gasteiger partial charge in [-0.25, -0.2) is 4.98 Å². The Morgan fingerprint density at radius 1 is 1.35 bits per heavy atom. The van der Waals surface area contributed by atoms with Crippen LogP contribution in [-0.4, -0.2) is 11.5 Å². The Balaban J connectivity index is 2.04. The Labute approximate surface area is 128 Å². The summed E-state index contributed by atoms with van der Waals surface area (Å²) in [5, 5.41) is 3.93. The van der Waals surface area contributed by atoms with E-state index in [1.807, 2.05) is 18.2 Å². The minimum absolute atomic E-state index is 0.470. The van der Waals surface area contributed by atoms with Gasteiger partial charge in [0.1, 0.15) is 12.4 Å². The van der Waals surface area contributed by atoms with Crippen LogP contribution in [0.15, 0.2) is 23.6 Å². The van der Waals surface area contributed by atoms with Crippen LogP contribution in [0.5, 0.6) is 5.75 Å². The van der Waals surface area contributed by atoms with Crippen LogP contribution >= 0.6 is 22.9 Å². The highest BCUT2D eigenvalue weighted by Gasteiger charge is 2.09. The number of ether oxygens (including phenoxy) is 1. The van der Waals surface area contributed by atoms with Crippen LogP contribution in [0, 0.1) is 0 Å². The Morgan fingerprint density at radius 3 is 2.95 bits per heavy atom. The number of halogens is 1. The second kappa shape index (κ2) is 7.62. The Kier molecular flexibility index (Phi) is 5.83. The highest BCUT2D eigenvalue weighted by molar-refractivity contribution is 7.09. The van der Waals surface area contributed by atoms with Gasteiger partial charge >= 0.3 is 0 Å². The average Bonchev–Trinajstić information content (AvgIpc) is 2.88. The number of benzene rings is 1. The van der Waals surface area contributed by atoms with Gasteiger partial charge in [0.2, 0.25) is 0 Å². The second-order valence-electron chi connectivity index (χ2n) is 4.53. The largest absolute Gasteiger partial charge is 0.487 e. The fourth-order valence-electron chi connectivity index (χ4n) is 1.96. The molecule has 0 saturated heterocycles. The van der Waals surface area contributed by atoms with E-state index in [0.717, 1.165) is 29.8 Å². The topological polar surface area (TPSA) is 48.1 Å². The van der Waals surface area contributed by atoms with Crippen LogP contribution in [0.4, 0.5) is 0 Å². The molecule has 0 amide bonds. The number of thiazole rings is 1. The van der Waals surface area contributed by atoms with E-state index in [-0.39, 0.29) is 0 Å². The van der Waals surface area contributed by atoms with Crippen molar-refractivity contribution >= 4 is 22.9 Å².